The minimum absolute atomic E-state index is 0. The van der Waals surface area contributed by atoms with Crippen LogP contribution in [0.25, 0.3) is 0 Å². The van der Waals surface area contributed by atoms with Crippen LogP contribution in [0.3, 0.4) is 0 Å². The minimum Gasteiger partial charge on any atom is -0.497 e. The molecule has 0 unspecified atom stereocenters. The first-order chi connectivity index (χ1) is 12.1. The third-order valence-corrected chi connectivity index (χ3v) is 3.60. The molecule has 2 aromatic carbocycles. The number of para-hydroxylation sites is 1. The maximum atomic E-state index is 12.6. The summed E-state index contributed by atoms with van der Waals surface area (Å²) in [7, 11) is 3.41. The fourth-order valence-electron chi connectivity index (χ4n) is 2.33. The van der Waals surface area contributed by atoms with Gasteiger partial charge in [0, 0.05) is 18.2 Å². The lowest BCUT2D eigenvalue weighted by Gasteiger charge is -2.12. The van der Waals surface area contributed by atoms with E-state index in [1.54, 1.807) is 55.6 Å². The van der Waals surface area contributed by atoms with Crippen LogP contribution < -0.4 is 20.7 Å². The predicted molar refractivity (Wildman–Crippen MR) is 106 cm³/mol. The van der Waals surface area contributed by atoms with Gasteiger partial charge in [-0.1, -0.05) is 18.2 Å². The maximum Gasteiger partial charge on any atom is 0.257 e. The summed E-state index contributed by atoms with van der Waals surface area (Å²) in [4.78, 5) is 24.6. The van der Waals surface area contributed by atoms with Gasteiger partial charge in [-0.2, -0.15) is 0 Å². The summed E-state index contributed by atoms with van der Waals surface area (Å²) in [5.41, 5.74) is 1.53. The second-order valence-corrected chi connectivity index (χ2v) is 5.49. The van der Waals surface area contributed by atoms with Crippen LogP contribution in [0.15, 0.2) is 48.5 Å². The van der Waals surface area contributed by atoms with E-state index in [1.165, 1.54) is 0 Å². The molecule has 0 aliphatic rings. The summed E-state index contributed by atoms with van der Waals surface area (Å²) < 4.78 is 5.15. The van der Waals surface area contributed by atoms with Crippen molar-refractivity contribution in [3.8, 4) is 5.75 Å². The highest BCUT2D eigenvalue weighted by molar-refractivity contribution is 6.10. The first-order valence-electron chi connectivity index (χ1n) is 8.13. The Morgan fingerprint density at radius 3 is 2.54 bits per heavy atom. The van der Waals surface area contributed by atoms with E-state index in [0.717, 1.165) is 13.0 Å². The number of methoxy groups -OCH3 is 1. The third-order valence-electron chi connectivity index (χ3n) is 3.60. The first-order valence-corrected chi connectivity index (χ1v) is 8.13. The standard InChI is InChI=1S/C19H23N3O3.ClH/c1-20-12-6-11-18(23)22-17-10-4-3-9-16(17)19(24)21-14-7-5-8-15(13-14)25-2;/h3-5,7-10,13,20H,6,11-12H2,1-2H3,(H,21,24)(H,22,23);1H. The van der Waals surface area contributed by atoms with Crippen molar-refractivity contribution in [3.05, 3.63) is 54.1 Å². The molecule has 0 saturated carbocycles. The van der Waals surface area contributed by atoms with Gasteiger partial charge in [-0.3, -0.25) is 9.59 Å². The second kappa shape index (κ2) is 11.1. The van der Waals surface area contributed by atoms with E-state index >= 15 is 0 Å². The lowest BCUT2D eigenvalue weighted by molar-refractivity contribution is -0.116. The van der Waals surface area contributed by atoms with Gasteiger partial charge in [0.15, 0.2) is 0 Å². The van der Waals surface area contributed by atoms with E-state index in [4.69, 9.17) is 4.74 Å². The molecule has 0 atom stereocenters. The van der Waals surface area contributed by atoms with Gasteiger partial charge in [0.2, 0.25) is 5.91 Å². The molecule has 7 heteroatoms. The van der Waals surface area contributed by atoms with Crippen LogP contribution >= 0.6 is 12.4 Å². The molecule has 0 aromatic heterocycles. The number of carbonyl (C=O) groups is 2. The number of anilines is 2. The zero-order chi connectivity index (χ0) is 18.1. The molecule has 0 fully saturated rings. The van der Waals surface area contributed by atoms with Crippen molar-refractivity contribution in [2.45, 2.75) is 12.8 Å². The number of amides is 2. The van der Waals surface area contributed by atoms with Crippen LogP contribution in [-0.2, 0) is 4.79 Å². The molecule has 2 amide bonds. The predicted octanol–water partition coefficient (Wildman–Crippen LogP) is 3.31. The van der Waals surface area contributed by atoms with Crippen molar-refractivity contribution in [1.82, 2.24) is 5.32 Å². The van der Waals surface area contributed by atoms with Gasteiger partial charge in [-0.25, -0.2) is 0 Å². The molecule has 0 aliphatic heterocycles. The number of nitrogens with one attached hydrogen (secondary N) is 3. The van der Waals surface area contributed by atoms with Crippen molar-refractivity contribution in [2.75, 3.05) is 31.3 Å². The van der Waals surface area contributed by atoms with Crippen LogP contribution in [0.1, 0.15) is 23.2 Å². The summed E-state index contributed by atoms with van der Waals surface area (Å²) in [6, 6.07) is 14.0. The van der Waals surface area contributed by atoms with Gasteiger partial charge in [-0.05, 0) is 44.3 Å². The SMILES string of the molecule is CNCCCC(=O)Nc1ccccc1C(=O)Nc1cccc(OC)c1.Cl. The largest absolute Gasteiger partial charge is 0.497 e. The number of rotatable bonds is 8. The van der Waals surface area contributed by atoms with Crippen LogP contribution in [0.4, 0.5) is 11.4 Å². The number of ether oxygens (including phenoxy) is 1. The zero-order valence-corrected chi connectivity index (χ0v) is 15.7. The summed E-state index contributed by atoms with van der Waals surface area (Å²) in [6.07, 6.45) is 1.13. The molecule has 140 valence electrons. The summed E-state index contributed by atoms with van der Waals surface area (Å²) in [5.74, 6) is 0.250. The molecule has 2 rings (SSSR count). The highest BCUT2D eigenvalue weighted by Gasteiger charge is 2.13. The van der Waals surface area contributed by atoms with Crippen LogP contribution in [0.2, 0.25) is 0 Å². The molecule has 0 spiro atoms. The average molecular weight is 378 g/mol. The Kier molecular flexibility index (Phi) is 9.19. The van der Waals surface area contributed by atoms with E-state index in [1.807, 2.05) is 7.05 Å². The molecule has 0 saturated heterocycles. The number of hydrogen-bond donors (Lipinski definition) is 3. The Bertz CT molecular complexity index is 737. The molecule has 2 aromatic rings. The normalized spacial score (nSPS) is 9.77. The topological polar surface area (TPSA) is 79.5 Å². The number of halogens is 1. The molecular formula is C19H24ClN3O3. The lowest BCUT2D eigenvalue weighted by Crippen LogP contribution is -2.19. The molecule has 0 heterocycles. The van der Waals surface area contributed by atoms with Crippen LogP contribution in [0.5, 0.6) is 5.75 Å². The summed E-state index contributed by atoms with van der Waals surface area (Å²) in [6.45, 7) is 0.769. The average Bonchev–Trinajstić information content (AvgIpc) is 2.62. The molecule has 0 bridgehead atoms. The monoisotopic (exact) mass is 377 g/mol. The molecular weight excluding hydrogens is 354 g/mol. The molecule has 0 aliphatic carbocycles. The fourth-order valence-corrected chi connectivity index (χ4v) is 2.33. The molecule has 0 radical (unpaired) electrons. The van der Waals surface area contributed by atoms with Gasteiger partial charge >= 0.3 is 0 Å². The lowest BCUT2D eigenvalue weighted by atomic mass is 10.1. The van der Waals surface area contributed by atoms with Crippen LogP contribution in [0, 0.1) is 0 Å². The Balaban J connectivity index is 0.00000338. The van der Waals surface area contributed by atoms with E-state index in [-0.39, 0.29) is 24.2 Å². The summed E-state index contributed by atoms with van der Waals surface area (Å²) >= 11 is 0. The van der Waals surface area contributed by atoms with Gasteiger partial charge in [0.05, 0.1) is 18.4 Å². The van der Waals surface area contributed by atoms with E-state index < -0.39 is 0 Å². The van der Waals surface area contributed by atoms with Crippen molar-refractivity contribution >= 4 is 35.6 Å². The van der Waals surface area contributed by atoms with Gasteiger partial charge in [0.1, 0.15) is 5.75 Å². The Morgan fingerprint density at radius 1 is 1.04 bits per heavy atom. The smallest absolute Gasteiger partial charge is 0.257 e. The number of hydrogen-bond acceptors (Lipinski definition) is 4. The second-order valence-electron chi connectivity index (χ2n) is 5.49. The van der Waals surface area contributed by atoms with Crippen molar-refractivity contribution in [1.29, 1.82) is 0 Å². The number of carbonyl (C=O) groups excluding carboxylic acids is 2. The Hall–Kier alpha value is -2.57. The third kappa shape index (κ3) is 6.38. The van der Waals surface area contributed by atoms with Gasteiger partial charge in [0.25, 0.3) is 5.91 Å². The highest BCUT2D eigenvalue weighted by atomic mass is 35.5. The molecule has 6 nitrogen and oxygen atoms in total. The number of benzene rings is 2. The fraction of sp³-hybridized carbons (Fsp3) is 0.263. The maximum absolute atomic E-state index is 12.6. The first kappa shape index (κ1) is 21.5. The Labute approximate surface area is 159 Å². The van der Waals surface area contributed by atoms with E-state index in [0.29, 0.717) is 29.1 Å². The van der Waals surface area contributed by atoms with E-state index in [9.17, 15) is 9.59 Å². The van der Waals surface area contributed by atoms with Crippen molar-refractivity contribution < 1.29 is 14.3 Å². The quantitative estimate of drug-likeness (QED) is 0.616. The summed E-state index contributed by atoms with van der Waals surface area (Å²) in [5, 5.41) is 8.62. The van der Waals surface area contributed by atoms with Gasteiger partial charge < -0.3 is 20.7 Å². The zero-order valence-electron chi connectivity index (χ0n) is 14.9. The van der Waals surface area contributed by atoms with Crippen molar-refractivity contribution in [2.24, 2.45) is 0 Å². The van der Waals surface area contributed by atoms with E-state index in [2.05, 4.69) is 16.0 Å². The van der Waals surface area contributed by atoms with Crippen molar-refractivity contribution in [3.63, 3.8) is 0 Å². The molecule has 3 N–H and O–H groups in total. The van der Waals surface area contributed by atoms with Crippen LogP contribution in [-0.4, -0.2) is 32.5 Å². The van der Waals surface area contributed by atoms with Gasteiger partial charge in [-0.15, -0.1) is 12.4 Å². The molecule has 26 heavy (non-hydrogen) atoms. The Morgan fingerprint density at radius 2 is 1.81 bits per heavy atom. The minimum atomic E-state index is -0.292. The highest BCUT2D eigenvalue weighted by Crippen LogP contribution is 2.20.